The van der Waals surface area contributed by atoms with Crippen molar-refractivity contribution in [3.63, 3.8) is 0 Å². The number of rotatable bonds is 8. The van der Waals surface area contributed by atoms with Crippen LogP contribution in [0.2, 0.25) is 5.02 Å². The third-order valence-electron chi connectivity index (χ3n) is 4.97. The van der Waals surface area contributed by atoms with E-state index in [0.717, 1.165) is 54.2 Å². The number of halogens is 2. The Morgan fingerprint density at radius 3 is 2.30 bits per heavy atom. The molecule has 3 aromatic carbocycles. The topological polar surface area (TPSA) is 36.7 Å². The zero-order chi connectivity index (χ0) is 23.0. The van der Waals surface area contributed by atoms with Gasteiger partial charge >= 0.3 is 0 Å². The molecule has 0 saturated carbocycles. The van der Waals surface area contributed by atoms with E-state index in [4.69, 9.17) is 16.6 Å². The van der Waals surface area contributed by atoms with E-state index in [1.54, 1.807) is 11.8 Å². The summed E-state index contributed by atoms with van der Waals surface area (Å²) in [6, 6.07) is 30.6. The highest BCUT2D eigenvalue weighted by molar-refractivity contribution is 9.10. The van der Waals surface area contributed by atoms with E-state index in [1.807, 2.05) is 84.6 Å². The number of nitrogens with zero attached hydrogens (tertiary/aromatic N) is 2. The predicted octanol–water partition coefficient (Wildman–Crippen LogP) is 8.73. The molecule has 33 heavy (non-hydrogen) atoms. The Morgan fingerprint density at radius 1 is 0.879 bits per heavy atom. The van der Waals surface area contributed by atoms with Gasteiger partial charge in [0.05, 0.1) is 11.3 Å². The molecule has 164 valence electrons. The molecule has 0 atom stereocenters. The van der Waals surface area contributed by atoms with Crippen molar-refractivity contribution >= 4 is 51.1 Å². The molecule has 0 spiro atoms. The SMILES string of the molecule is N#Cc1c(-c2ccccc2)cc(-c2ccc(Br)cc2)nc1SCCSCc1ccc(Cl)cc1. The lowest BCUT2D eigenvalue weighted by molar-refractivity contribution is 1.12. The molecule has 0 saturated heterocycles. The Bertz CT molecular complexity index is 1250. The first-order valence-electron chi connectivity index (χ1n) is 10.4. The number of aromatic nitrogens is 1. The van der Waals surface area contributed by atoms with Crippen molar-refractivity contribution in [2.75, 3.05) is 11.5 Å². The van der Waals surface area contributed by atoms with E-state index in [2.05, 4.69) is 34.1 Å². The van der Waals surface area contributed by atoms with Crippen LogP contribution >= 0.6 is 51.1 Å². The van der Waals surface area contributed by atoms with Gasteiger partial charge in [-0.15, -0.1) is 11.8 Å². The van der Waals surface area contributed by atoms with Gasteiger partial charge in [0.15, 0.2) is 0 Å². The quantitative estimate of drug-likeness (QED) is 0.162. The largest absolute Gasteiger partial charge is 0.240 e. The number of hydrogen-bond acceptors (Lipinski definition) is 4. The Balaban J connectivity index is 1.56. The smallest absolute Gasteiger partial charge is 0.115 e. The molecule has 0 aliphatic carbocycles. The van der Waals surface area contributed by atoms with Gasteiger partial charge in [0.2, 0.25) is 0 Å². The number of thioether (sulfide) groups is 2. The molecule has 1 heterocycles. The summed E-state index contributed by atoms with van der Waals surface area (Å²) in [6.45, 7) is 0. The molecule has 4 rings (SSSR count). The van der Waals surface area contributed by atoms with Crippen molar-refractivity contribution in [1.29, 1.82) is 5.26 Å². The molecule has 0 unspecified atom stereocenters. The van der Waals surface area contributed by atoms with Crippen molar-refractivity contribution in [3.05, 3.63) is 106 Å². The Labute approximate surface area is 216 Å². The van der Waals surface area contributed by atoms with Gasteiger partial charge in [-0.25, -0.2) is 4.98 Å². The second-order valence-electron chi connectivity index (χ2n) is 7.25. The number of benzene rings is 3. The second kappa shape index (κ2) is 11.8. The Hall–Kier alpha value is -2.23. The fraction of sp³-hybridized carbons (Fsp3) is 0.111. The fourth-order valence-corrected chi connectivity index (χ4v) is 5.74. The van der Waals surface area contributed by atoms with E-state index >= 15 is 0 Å². The molecule has 0 N–H and O–H groups in total. The molecule has 0 aliphatic heterocycles. The highest BCUT2D eigenvalue weighted by Gasteiger charge is 2.16. The maximum absolute atomic E-state index is 10.0. The Kier molecular flexibility index (Phi) is 8.52. The fourth-order valence-electron chi connectivity index (χ4n) is 3.32. The summed E-state index contributed by atoms with van der Waals surface area (Å²) in [5, 5.41) is 11.5. The predicted molar refractivity (Wildman–Crippen MR) is 146 cm³/mol. The zero-order valence-corrected chi connectivity index (χ0v) is 21.6. The van der Waals surface area contributed by atoms with Crippen molar-refractivity contribution < 1.29 is 0 Å². The monoisotopic (exact) mass is 550 g/mol. The average Bonchev–Trinajstić information content (AvgIpc) is 2.85. The number of hydrogen-bond donors (Lipinski definition) is 0. The van der Waals surface area contributed by atoms with Crippen LogP contribution in [0.5, 0.6) is 0 Å². The van der Waals surface area contributed by atoms with Crippen LogP contribution in [0.4, 0.5) is 0 Å². The molecular weight excluding hydrogens is 532 g/mol. The van der Waals surface area contributed by atoms with Gasteiger partial charge < -0.3 is 0 Å². The van der Waals surface area contributed by atoms with Gasteiger partial charge in [0, 0.05) is 37.9 Å². The lowest BCUT2D eigenvalue weighted by Gasteiger charge is -2.13. The standard InChI is InChI=1S/C27H20BrClN2S2/c28-22-10-8-21(9-11-22)26-16-24(20-4-2-1-3-5-20)25(17-30)27(31-26)33-15-14-32-18-19-6-12-23(29)13-7-19/h1-13,16H,14-15,18H2. The first-order valence-corrected chi connectivity index (χ1v) is 13.7. The van der Waals surface area contributed by atoms with E-state index in [0.29, 0.717) is 5.56 Å². The summed E-state index contributed by atoms with van der Waals surface area (Å²) in [7, 11) is 0. The van der Waals surface area contributed by atoms with Crippen LogP contribution in [0.15, 0.2) is 94.4 Å². The van der Waals surface area contributed by atoms with Gasteiger partial charge in [-0.3, -0.25) is 0 Å². The van der Waals surface area contributed by atoms with Crippen LogP contribution in [0.1, 0.15) is 11.1 Å². The minimum Gasteiger partial charge on any atom is -0.240 e. The summed E-state index contributed by atoms with van der Waals surface area (Å²) in [5.41, 5.74) is 5.73. The number of nitriles is 1. The van der Waals surface area contributed by atoms with Crippen LogP contribution in [-0.2, 0) is 5.75 Å². The maximum Gasteiger partial charge on any atom is 0.115 e. The van der Waals surface area contributed by atoms with E-state index < -0.39 is 0 Å². The van der Waals surface area contributed by atoms with Crippen molar-refractivity contribution in [3.8, 4) is 28.5 Å². The normalized spacial score (nSPS) is 10.7. The minimum atomic E-state index is 0.634. The lowest BCUT2D eigenvalue weighted by Crippen LogP contribution is -1.97. The molecule has 0 amide bonds. The van der Waals surface area contributed by atoms with Crippen LogP contribution in [0.25, 0.3) is 22.4 Å². The molecule has 1 aromatic heterocycles. The highest BCUT2D eigenvalue weighted by atomic mass is 79.9. The van der Waals surface area contributed by atoms with Crippen molar-refractivity contribution in [2.24, 2.45) is 0 Å². The summed E-state index contributed by atoms with van der Waals surface area (Å²) in [6.07, 6.45) is 0. The van der Waals surface area contributed by atoms with E-state index in [-0.39, 0.29) is 0 Å². The van der Waals surface area contributed by atoms with Crippen LogP contribution in [0, 0.1) is 11.3 Å². The highest BCUT2D eigenvalue weighted by Crippen LogP contribution is 2.34. The van der Waals surface area contributed by atoms with Gasteiger partial charge in [-0.05, 0) is 41.5 Å². The molecular formula is C27H20BrClN2S2. The molecule has 6 heteroatoms. The van der Waals surface area contributed by atoms with Crippen LogP contribution in [-0.4, -0.2) is 16.5 Å². The third-order valence-corrected chi connectivity index (χ3v) is 8.02. The first kappa shape index (κ1) is 23.9. The van der Waals surface area contributed by atoms with Crippen LogP contribution < -0.4 is 0 Å². The van der Waals surface area contributed by atoms with Crippen molar-refractivity contribution in [2.45, 2.75) is 10.8 Å². The first-order chi connectivity index (χ1) is 16.1. The van der Waals surface area contributed by atoms with Crippen molar-refractivity contribution in [1.82, 2.24) is 4.98 Å². The summed E-state index contributed by atoms with van der Waals surface area (Å²) < 4.78 is 1.02. The summed E-state index contributed by atoms with van der Waals surface area (Å²) in [5.74, 6) is 2.77. The van der Waals surface area contributed by atoms with E-state index in [1.165, 1.54) is 5.56 Å². The lowest BCUT2D eigenvalue weighted by atomic mass is 9.99. The van der Waals surface area contributed by atoms with Gasteiger partial charge in [0.25, 0.3) is 0 Å². The molecule has 0 radical (unpaired) electrons. The molecule has 0 bridgehead atoms. The van der Waals surface area contributed by atoms with Gasteiger partial charge in [-0.2, -0.15) is 17.0 Å². The Morgan fingerprint density at radius 2 is 1.61 bits per heavy atom. The van der Waals surface area contributed by atoms with Gasteiger partial charge in [-0.1, -0.05) is 82.1 Å². The molecule has 0 aliphatic rings. The van der Waals surface area contributed by atoms with E-state index in [9.17, 15) is 5.26 Å². The second-order valence-corrected chi connectivity index (χ2v) is 10.8. The minimum absolute atomic E-state index is 0.634. The zero-order valence-electron chi connectivity index (χ0n) is 17.7. The molecule has 4 aromatic rings. The maximum atomic E-state index is 10.0. The number of pyridine rings is 1. The average molecular weight is 552 g/mol. The molecule has 2 nitrogen and oxygen atoms in total. The summed E-state index contributed by atoms with van der Waals surface area (Å²) >= 11 is 13.0. The molecule has 0 fully saturated rings. The summed E-state index contributed by atoms with van der Waals surface area (Å²) in [4.78, 5) is 4.90. The van der Waals surface area contributed by atoms with Gasteiger partial charge in [0.1, 0.15) is 11.1 Å². The third kappa shape index (κ3) is 6.43. The van der Waals surface area contributed by atoms with Crippen LogP contribution in [0.3, 0.4) is 0 Å².